The van der Waals surface area contributed by atoms with Crippen molar-refractivity contribution in [3.8, 4) is 11.5 Å². The van der Waals surface area contributed by atoms with E-state index in [-0.39, 0.29) is 11.3 Å². The number of rotatable bonds is 5. The van der Waals surface area contributed by atoms with Crippen molar-refractivity contribution in [3.05, 3.63) is 69.6 Å². The Morgan fingerprint density at radius 3 is 2.68 bits per heavy atom. The van der Waals surface area contributed by atoms with Crippen molar-refractivity contribution in [2.75, 3.05) is 20.4 Å². The molecule has 0 radical (unpaired) electrons. The summed E-state index contributed by atoms with van der Waals surface area (Å²) in [6.07, 6.45) is 0.867. The van der Waals surface area contributed by atoms with E-state index in [2.05, 4.69) is 17.0 Å². The standard InChI is InChI=1S/C22H21NO5/c1-14(24)18-11-16-5-8-20-19(21(16)28-22(18)25)12-23(13-27-20)10-9-15-3-6-17(26-2)7-4-15/h3-8,11H,9-10,12-13H2,1-2H3. The molecule has 0 spiro atoms. The molecule has 1 aromatic heterocycles. The minimum Gasteiger partial charge on any atom is -0.497 e. The fourth-order valence-corrected chi connectivity index (χ4v) is 3.41. The molecule has 0 atom stereocenters. The zero-order valence-electron chi connectivity index (χ0n) is 15.9. The maximum Gasteiger partial charge on any atom is 0.347 e. The van der Waals surface area contributed by atoms with Gasteiger partial charge in [0.1, 0.15) is 29.4 Å². The van der Waals surface area contributed by atoms with Crippen LogP contribution < -0.4 is 15.1 Å². The number of fused-ring (bicyclic) bond motifs is 3. The van der Waals surface area contributed by atoms with E-state index in [4.69, 9.17) is 13.9 Å². The lowest BCUT2D eigenvalue weighted by Gasteiger charge is -2.29. The summed E-state index contributed by atoms with van der Waals surface area (Å²) in [6.45, 7) is 3.26. The second kappa shape index (κ2) is 7.48. The van der Waals surface area contributed by atoms with E-state index in [1.165, 1.54) is 12.5 Å². The highest BCUT2D eigenvalue weighted by Crippen LogP contribution is 2.32. The molecule has 4 rings (SSSR count). The van der Waals surface area contributed by atoms with Gasteiger partial charge >= 0.3 is 5.63 Å². The Morgan fingerprint density at radius 1 is 1.18 bits per heavy atom. The highest BCUT2D eigenvalue weighted by atomic mass is 16.5. The average molecular weight is 379 g/mol. The quantitative estimate of drug-likeness (QED) is 0.500. The maximum atomic E-state index is 12.2. The van der Waals surface area contributed by atoms with Crippen LogP contribution in [0.5, 0.6) is 11.5 Å². The minimum atomic E-state index is -0.608. The van der Waals surface area contributed by atoms with Crippen LogP contribution >= 0.6 is 0 Å². The first kappa shape index (κ1) is 18.3. The Labute approximate surface area is 162 Å². The number of carbonyl (C=O) groups excluding carboxylic acids is 1. The zero-order chi connectivity index (χ0) is 19.7. The van der Waals surface area contributed by atoms with Crippen molar-refractivity contribution in [3.63, 3.8) is 0 Å². The number of methoxy groups -OCH3 is 1. The summed E-state index contributed by atoms with van der Waals surface area (Å²) >= 11 is 0. The summed E-state index contributed by atoms with van der Waals surface area (Å²) in [4.78, 5) is 25.9. The molecule has 6 heteroatoms. The predicted octanol–water partition coefficient (Wildman–Crippen LogP) is 3.40. The first-order valence-electron chi connectivity index (χ1n) is 9.14. The van der Waals surface area contributed by atoms with Gasteiger partial charge in [-0.1, -0.05) is 12.1 Å². The number of ketones is 1. The van der Waals surface area contributed by atoms with Crippen LogP contribution in [0.1, 0.15) is 28.4 Å². The van der Waals surface area contributed by atoms with Gasteiger partial charge < -0.3 is 13.9 Å². The molecule has 0 saturated heterocycles. The predicted molar refractivity (Wildman–Crippen MR) is 105 cm³/mol. The molecule has 2 heterocycles. The molecule has 1 aliphatic rings. The Balaban J connectivity index is 1.56. The molecule has 0 fully saturated rings. The molecule has 0 amide bonds. The van der Waals surface area contributed by atoms with Crippen molar-refractivity contribution in [2.45, 2.75) is 19.9 Å². The lowest BCUT2D eigenvalue weighted by molar-refractivity contribution is 0.0967. The van der Waals surface area contributed by atoms with E-state index < -0.39 is 5.63 Å². The van der Waals surface area contributed by atoms with E-state index >= 15 is 0 Å². The summed E-state index contributed by atoms with van der Waals surface area (Å²) in [5.74, 6) is 1.25. The normalized spacial score (nSPS) is 13.8. The number of hydrogen-bond donors (Lipinski definition) is 0. The van der Waals surface area contributed by atoms with Gasteiger partial charge in [0.05, 0.1) is 12.7 Å². The SMILES string of the molecule is COc1ccc(CCN2COc3ccc4cc(C(C)=O)c(=O)oc4c3C2)cc1. The van der Waals surface area contributed by atoms with E-state index in [1.54, 1.807) is 13.2 Å². The average Bonchev–Trinajstić information content (AvgIpc) is 2.71. The van der Waals surface area contributed by atoms with E-state index in [9.17, 15) is 9.59 Å². The van der Waals surface area contributed by atoms with Crippen LogP contribution in [0.4, 0.5) is 0 Å². The molecule has 0 N–H and O–H groups in total. The van der Waals surface area contributed by atoms with E-state index in [0.29, 0.717) is 24.6 Å². The lowest BCUT2D eigenvalue weighted by Crippen LogP contribution is -2.33. The third-order valence-corrected chi connectivity index (χ3v) is 5.00. The van der Waals surface area contributed by atoms with Gasteiger partial charge in [0.2, 0.25) is 0 Å². The summed E-state index contributed by atoms with van der Waals surface area (Å²) < 4.78 is 16.5. The van der Waals surface area contributed by atoms with Crippen molar-refractivity contribution in [1.29, 1.82) is 0 Å². The van der Waals surface area contributed by atoms with Crippen LogP contribution in [0.2, 0.25) is 0 Å². The van der Waals surface area contributed by atoms with Crippen molar-refractivity contribution < 1.29 is 18.7 Å². The largest absolute Gasteiger partial charge is 0.497 e. The number of carbonyl (C=O) groups is 1. The van der Waals surface area contributed by atoms with Gasteiger partial charge in [-0.25, -0.2) is 4.79 Å². The Bertz CT molecular complexity index is 1080. The van der Waals surface area contributed by atoms with Crippen LogP contribution in [-0.2, 0) is 13.0 Å². The maximum absolute atomic E-state index is 12.2. The molecule has 3 aromatic rings. The first-order valence-corrected chi connectivity index (χ1v) is 9.14. The second-order valence-electron chi connectivity index (χ2n) is 6.89. The van der Waals surface area contributed by atoms with Crippen molar-refractivity contribution >= 4 is 16.8 Å². The number of benzene rings is 2. The summed E-state index contributed by atoms with van der Waals surface area (Å²) in [6, 6.07) is 13.3. The molecular weight excluding hydrogens is 358 g/mol. The highest BCUT2D eigenvalue weighted by Gasteiger charge is 2.22. The van der Waals surface area contributed by atoms with E-state index in [0.717, 1.165) is 29.7 Å². The fourth-order valence-electron chi connectivity index (χ4n) is 3.41. The first-order chi connectivity index (χ1) is 13.5. The summed E-state index contributed by atoms with van der Waals surface area (Å²) in [5.41, 5.74) is 2.00. The Hall–Kier alpha value is -3.12. The van der Waals surface area contributed by atoms with E-state index in [1.807, 2.05) is 24.3 Å². The molecular formula is C22H21NO5. The minimum absolute atomic E-state index is 0.0699. The van der Waals surface area contributed by atoms with Gasteiger partial charge in [-0.2, -0.15) is 0 Å². The molecule has 0 saturated carbocycles. The van der Waals surface area contributed by atoms with Gasteiger partial charge in [0.25, 0.3) is 0 Å². The van der Waals surface area contributed by atoms with Crippen LogP contribution in [0, 0.1) is 0 Å². The fraction of sp³-hybridized carbons (Fsp3) is 0.273. The summed E-state index contributed by atoms with van der Waals surface area (Å²) in [7, 11) is 1.65. The monoisotopic (exact) mass is 379 g/mol. The Kier molecular flexibility index (Phi) is 4.88. The molecule has 144 valence electrons. The smallest absolute Gasteiger partial charge is 0.347 e. The van der Waals surface area contributed by atoms with Crippen LogP contribution in [0.25, 0.3) is 11.0 Å². The number of ether oxygens (including phenoxy) is 2. The molecule has 0 bridgehead atoms. The second-order valence-corrected chi connectivity index (χ2v) is 6.89. The third kappa shape index (κ3) is 3.51. The van der Waals surface area contributed by atoms with Crippen LogP contribution in [0.3, 0.4) is 0 Å². The molecule has 1 aliphatic heterocycles. The highest BCUT2D eigenvalue weighted by molar-refractivity contribution is 5.97. The number of hydrogen-bond acceptors (Lipinski definition) is 6. The molecule has 2 aromatic carbocycles. The van der Waals surface area contributed by atoms with Crippen LogP contribution in [0.15, 0.2) is 51.7 Å². The van der Waals surface area contributed by atoms with Gasteiger partial charge in [-0.15, -0.1) is 0 Å². The van der Waals surface area contributed by atoms with Gasteiger partial charge in [-0.3, -0.25) is 9.69 Å². The number of Topliss-reactive ketones (excluding diaryl/α,β-unsaturated/α-hetero) is 1. The van der Waals surface area contributed by atoms with Crippen molar-refractivity contribution in [1.82, 2.24) is 4.90 Å². The Morgan fingerprint density at radius 2 is 1.96 bits per heavy atom. The molecule has 0 aliphatic carbocycles. The molecule has 28 heavy (non-hydrogen) atoms. The van der Waals surface area contributed by atoms with Crippen LogP contribution in [-0.4, -0.2) is 31.1 Å². The van der Waals surface area contributed by atoms with Gasteiger partial charge in [-0.05, 0) is 49.2 Å². The topological polar surface area (TPSA) is 69.0 Å². The van der Waals surface area contributed by atoms with Crippen molar-refractivity contribution in [2.24, 2.45) is 0 Å². The zero-order valence-corrected chi connectivity index (χ0v) is 15.9. The number of nitrogens with zero attached hydrogens (tertiary/aromatic N) is 1. The summed E-state index contributed by atoms with van der Waals surface area (Å²) in [5, 5.41) is 0.726. The van der Waals surface area contributed by atoms with Gasteiger partial charge in [0.15, 0.2) is 5.78 Å². The molecule has 6 nitrogen and oxygen atoms in total. The molecule has 0 unspecified atom stereocenters. The lowest BCUT2D eigenvalue weighted by atomic mass is 10.1. The third-order valence-electron chi connectivity index (χ3n) is 5.00. The van der Waals surface area contributed by atoms with Gasteiger partial charge in [0, 0.05) is 18.5 Å².